The lowest BCUT2D eigenvalue weighted by molar-refractivity contribution is -0.160. The van der Waals surface area contributed by atoms with Crippen molar-refractivity contribution >= 4 is 11.8 Å². The Morgan fingerprint density at radius 2 is 1.61 bits per heavy atom. The van der Waals surface area contributed by atoms with Crippen LogP contribution in [0, 0.1) is 29.1 Å². The van der Waals surface area contributed by atoms with E-state index < -0.39 is 0 Å². The van der Waals surface area contributed by atoms with Crippen LogP contribution in [-0.2, 0) is 14.3 Å². The zero-order chi connectivity index (χ0) is 21.6. The molecule has 4 aliphatic carbocycles. The second-order valence-corrected chi connectivity index (χ2v) is 11.6. The smallest absolute Gasteiger partial charge is 0.242 e. The van der Waals surface area contributed by atoms with Crippen LogP contribution in [0.5, 0.6) is 0 Å². The van der Waals surface area contributed by atoms with Crippen LogP contribution < -0.4 is 5.32 Å². The second kappa shape index (κ2) is 8.66. The van der Waals surface area contributed by atoms with Gasteiger partial charge in [-0.2, -0.15) is 0 Å². The first-order chi connectivity index (χ1) is 14.9. The lowest BCUT2D eigenvalue weighted by Crippen LogP contribution is -2.58. The molecule has 6 heteroatoms. The van der Waals surface area contributed by atoms with Crippen LogP contribution in [0.4, 0.5) is 0 Å². The Morgan fingerprint density at radius 3 is 2.19 bits per heavy atom. The number of hydrogen-bond donors (Lipinski definition) is 1. The maximum absolute atomic E-state index is 13.8. The average Bonchev–Trinajstić information content (AvgIpc) is 3.22. The van der Waals surface area contributed by atoms with E-state index in [-0.39, 0.29) is 17.4 Å². The molecule has 6 aliphatic rings. The molecule has 4 bridgehead atoms. The average molecular weight is 432 g/mol. The molecule has 0 radical (unpaired) electrons. The van der Waals surface area contributed by atoms with E-state index in [1.165, 1.54) is 19.3 Å². The van der Waals surface area contributed by atoms with Crippen molar-refractivity contribution in [3.05, 3.63) is 0 Å². The molecule has 6 nitrogen and oxygen atoms in total. The van der Waals surface area contributed by atoms with Gasteiger partial charge in [0.05, 0.1) is 18.6 Å². The van der Waals surface area contributed by atoms with Crippen molar-refractivity contribution in [1.82, 2.24) is 15.1 Å². The van der Waals surface area contributed by atoms with Crippen molar-refractivity contribution in [1.29, 1.82) is 0 Å². The first kappa shape index (κ1) is 21.7. The highest BCUT2D eigenvalue weighted by Gasteiger charge is 2.56. The molecule has 174 valence electrons. The molecule has 6 rings (SSSR count). The number of rotatable bonds is 6. The van der Waals surface area contributed by atoms with Gasteiger partial charge in [0.2, 0.25) is 11.8 Å². The van der Waals surface area contributed by atoms with Gasteiger partial charge >= 0.3 is 0 Å². The zero-order valence-electron chi connectivity index (χ0n) is 19.5. The third-order valence-corrected chi connectivity index (χ3v) is 9.08. The van der Waals surface area contributed by atoms with Crippen molar-refractivity contribution < 1.29 is 14.3 Å². The van der Waals surface area contributed by atoms with Crippen LogP contribution >= 0.6 is 0 Å². The van der Waals surface area contributed by atoms with E-state index in [4.69, 9.17) is 4.74 Å². The number of amides is 2. The van der Waals surface area contributed by atoms with E-state index in [0.29, 0.717) is 24.4 Å². The maximum Gasteiger partial charge on any atom is 0.242 e. The van der Waals surface area contributed by atoms with E-state index in [0.717, 1.165) is 82.7 Å². The van der Waals surface area contributed by atoms with Crippen molar-refractivity contribution in [2.24, 2.45) is 29.1 Å². The summed E-state index contributed by atoms with van der Waals surface area (Å²) in [6, 6.07) is 0.0552. The van der Waals surface area contributed by atoms with E-state index >= 15 is 0 Å². The van der Waals surface area contributed by atoms with Crippen LogP contribution in [-0.4, -0.2) is 73.1 Å². The molecule has 6 fully saturated rings. The molecule has 31 heavy (non-hydrogen) atoms. The number of carbonyl (C=O) groups is 2. The molecular formula is C25H41N3O3. The lowest BCUT2D eigenvalue weighted by Gasteiger charge is -2.56. The fraction of sp³-hybridized carbons (Fsp3) is 0.920. The quantitative estimate of drug-likeness (QED) is 0.702. The summed E-state index contributed by atoms with van der Waals surface area (Å²) in [4.78, 5) is 31.5. The van der Waals surface area contributed by atoms with Crippen molar-refractivity contribution in [2.45, 2.75) is 77.3 Å². The predicted molar refractivity (Wildman–Crippen MR) is 119 cm³/mol. The van der Waals surface area contributed by atoms with Crippen molar-refractivity contribution in [3.63, 3.8) is 0 Å². The first-order valence-corrected chi connectivity index (χ1v) is 12.9. The highest BCUT2D eigenvalue weighted by molar-refractivity contribution is 5.91. The van der Waals surface area contributed by atoms with Gasteiger partial charge in [-0.25, -0.2) is 0 Å². The van der Waals surface area contributed by atoms with E-state index in [1.807, 2.05) is 4.90 Å². The molecule has 0 spiro atoms. The number of ether oxygens (including phenoxy) is 1. The summed E-state index contributed by atoms with van der Waals surface area (Å²) in [5.41, 5.74) is -0.147. The Kier molecular flexibility index (Phi) is 6.06. The Hall–Kier alpha value is -1.14. The monoisotopic (exact) mass is 431 g/mol. The predicted octanol–water partition coefficient (Wildman–Crippen LogP) is 2.67. The fourth-order valence-electron chi connectivity index (χ4n) is 7.98. The molecule has 0 aromatic heterocycles. The topological polar surface area (TPSA) is 61.9 Å². The SMILES string of the molecule is CC(C)C(CNC(=O)C1CCCN1C(=O)C12CC3CC(CC(C3)C1)C2)N1CCOCC1. The molecule has 2 unspecified atom stereocenters. The van der Waals surface area contributed by atoms with Gasteiger partial charge in [0.25, 0.3) is 0 Å². The number of likely N-dealkylation sites (tertiary alicyclic amines) is 1. The van der Waals surface area contributed by atoms with Gasteiger partial charge in [0.1, 0.15) is 6.04 Å². The van der Waals surface area contributed by atoms with Crippen LogP contribution in [0.15, 0.2) is 0 Å². The molecule has 2 saturated heterocycles. The van der Waals surface area contributed by atoms with Gasteiger partial charge in [-0.15, -0.1) is 0 Å². The Morgan fingerprint density at radius 1 is 1.00 bits per heavy atom. The summed E-state index contributed by atoms with van der Waals surface area (Å²) >= 11 is 0. The molecule has 0 aromatic carbocycles. The molecule has 0 aromatic rings. The van der Waals surface area contributed by atoms with Crippen LogP contribution in [0.2, 0.25) is 0 Å². The van der Waals surface area contributed by atoms with Crippen LogP contribution in [0.1, 0.15) is 65.2 Å². The highest BCUT2D eigenvalue weighted by Crippen LogP contribution is 2.60. The second-order valence-electron chi connectivity index (χ2n) is 11.6. The van der Waals surface area contributed by atoms with E-state index in [9.17, 15) is 9.59 Å². The number of nitrogens with zero attached hydrogens (tertiary/aromatic N) is 2. The maximum atomic E-state index is 13.8. The molecule has 2 amide bonds. The summed E-state index contributed by atoms with van der Waals surface area (Å²) in [6.07, 6.45) is 9.03. The third kappa shape index (κ3) is 4.15. The molecule has 1 N–H and O–H groups in total. The summed E-state index contributed by atoms with van der Waals surface area (Å²) in [7, 11) is 0. The number of nitrogens with one attached hydrogen (secondary N) is 1. The molecule has 4 saturated carbocycles. The summed E-state index contributed by atoms with van der Waals surface area (Å²) in [5.74, 6) is 3.11. The van der Waals surface area contributed by atoms with Gasteiger partial charge in [-0.1, -0.05) is 13.8 Å². The van der Waals surface area contributed by atoms with Crippen LogP contribution in [0.3, 0.4) is 0 Å². The standard InChI is InChI=1S/C25H41N3O3/c1-17(2)22(27-6-8-31-9-7-27)16-26-23(29)21-4-3-5-28(21)24(30)25-13-18-10-19(14-25)12-20(11-18)15-25/h17-22H,3-16H2,1-2H3,(H,26,29). The highest BCUT2D eigenvalue weighted by atomic mass is 16.5. The van der Waals surface area contributed by atoms with Crippen molar-refractivity contribution in [2.75, 3.05) is 39.4 Å². The Labute approximate surface area is 187 Å². The molecule has 2 atom stereocenters. The zero-order valence-corrected chi connectivity index (χ0v) is 19.5. The first-order valence-electron chi connectivity index (χ1n) is 12.9. The van der Waals surface area contributed by atoms with Crippen LogP contribution in [0.25, 0.3) is 0 Å². The largest absolute Gasteiger partial charge is 0.379 e. The number of hydrogen-bond acceptors (Lipinski definition) is 4. The molecule has 2 aliphatic heterocycles. The Bertz CT molecular complexity index is 652. The van der Waals surface area contributed by atoms with Crippen molar-refractivity contribution in [3.8, 4) is 0 Å². The number of morpholine rings is 1. The van der Waals surface area contributed by atoms with Gasteiger partial charge < -0.3 is 15.0 Å². The van der Waals surface area contributed by atoms with E-state index in [2.05, 4.69) is 24.1 Å². The van der Waals surface area contributed by atoms with Gasteiger partial charge in [0.15, 0.2) is 0 Å². The molecule has 2 heterocycles. The normalized spacial score (nSPS) is 38.6. The Balaban J connectivity index is 1.22. The fourth-order valence-corrected chi connectivity index (χ4v) is 7.98. The molecular weight excluding hydrogens is 390 g/mol. The summed E-state index contributed by atoms with van der Waals surface area (Å²) < 4.78 is 5.50. The minimum Gasteiger partial charge on any atom is -0.379 e. The van der Waals surface area contributed by atoms with Gasteiger partial charge in [0, 0.05) is 32.2 Å². The van der Waals surface area contributed by atoms with Gasteiger partial charge in [-0.05, 0) is 75.0 Å². The van der Waals surface area contributed by atoms with E-state index in [1.54, 1.807) is 0 Å². The van der Waals surface area contributed by atoms with Gasteiger partial charge in [-0.3, -0.25) is 14.5 Å². The summed E-state index contributed by atoms with van der Waals surface area (Å²) in [5, 5.41) is 3.25. The minimum absolute atomic E-state index is 0.0643. The lowest BCUT2D eigenvalue weighted by atomic mass is 9.49. The third-order valence-electron chi connectivity index (χ3n) is 9.08. The summed E-state index contributed by atoms with van der Waals surface area (Å²) in [6.45, 7) is 9.27. The number of carbonyl (C=O) groups excluding carboxylic acids is 2. The minimum atomic E-state index is -0.266.